The molecule has 39 nitrogen and oxygen atoms in total. The molecule has 2 aromatic rings. The molecule has 1 saturated heterocycles. The molecule has 2 aromatic carbocycles. The number of aliphatic carboxylic acids is 1. The first kappa shape index (κ1) is 113. The van der Waals surface area contributed by atoms with E-state index in [1.165, 1.54) is 4.31 Å². The third kappa shape index (κ3) is 62.5. The molecule has 0 unspecified atom stereocenters. The predicted octanol–water partition coefficient (Wildman–Crippen LogP) is 4.30. The maximum atomic E-state index is 13.9. The van der Waals surface area contributed by atoms with Crippen LogP contribution in [0.2, 0.25) is 0 Å². The number of alkyl carbamates (subject to hydrolysis) is 1. The Morgan fingerprint density at radius 2 is 0.754 bits per heavy atom. The number of amides is 3. The van der Waals surface area contributed by atoms with Gasteiger partial charge in [0.15, 0.2) is 0 Å². The number of sulfonamides is 1. The molecule has 1 fully saturated rings. The molecule has 126 heavy (non-hydrogen) atoms. The van der Waals surface area contributed by atoms with Gasteiger partial charge in [-0.25, -0.2) is 18.2 Å². The Morgan fingerprint density at radius 1 is 0.437 bits per heavy atom. The fraction of sp³-hybridized carbons (Fsp3) is 0.779. The minimum atomic E-state index is -3.82. The summed E-state index contributed by atoms with van der Waals surface area (Å²) in [6.07, 6.45) is 2.89. The molecule has 0 bridgehead atoms. The van der Waals surface area contributed by atoms with E-state index in [0.29, 0.717) is 372 Å². The summed E-state index contributed by atoms with van der Waals surface area (Å²) < 4.78 is 172. The van der Waals surface area contributed by atoms with Crippen molar-refractivity contribution in [2.75, 3.05) is 370 Å². The fourth-order valence-corrected chi connectivity index (χ4v) is 12.8. The molecule has 40 heteroatoms. The van der Waals surface area contributed by atoms with Crippen LogP contribution in [0, 0.1) is 5.92 Å². The van der Waals surface area contributed by atoms with Crippen LogP contribution in [-0.4, -0.2) is 428 Å². The average molecular weight is 1830 g/mol. The van der Waals surface area contributed by atoms with Gasteiger partial charge in [-0.15, -0.1) is 0 Å². The van der Waals surface area contributed by atoms with Crippen LogP contribution in [0.15, 0.2) is 57.9 Å². The number of nitrogens with zero attached hydrogens (tertiary/aromatic N) is 3. The number of nitrogens with one attached hydrogen (secondary N) is 2. The quantitative estimate of drug-likeness (QED) is 0.0671. The van der Waals surface area contributed by atoms with Crippen LogP contribution >= 0.6 is 0 Å². The summed E-state index contributed by atoms with van der Waals surface area (Å²) in [5, 5.41) is 14.2. The number of rotatable bonds is 90. The highest BCUT2D eigenvalue weighted by Crippen LogP contribution is 2.34. The Bertz CT molecular complexity index is 3200. The first-order valence-corrected chi connectivity index (χ1v) is 45.5. The highest BCUT2D eigenvalue weighted by Gasteiger charge is 2.37. The summed E-state index contributed by atoms with van der Waals surface area (Å²) in [5.41, 5.74) is 8.94. The van der Waals surface area contributed by atoms with E-state index >= 15 is 0 Å². The van der Waals surface area contributed by atoms with Crippen molar-refractivity contribution in [2.45, 2.75) is 70.3 Å². The molecule has 2 heterocycles. The van der Waals surface area contributed by atoms with E-state index in [-0.39, 0.29) is 74.0 Å². The number of hydrogen-bond acceptors (Lipinski definition) is 34. The topological polar surface area (TPSA) is 432 Å². The molecule has 0 radical (unpaired) electrons. The molecular weight excluding hydrogens is 1680 g/mol. The zero-order valence-corrected chi connectivity index (χ0v) is 76.0. The largest absolute Gasteiger partial charge is 0.481 e. The summed E-state index contributed by atoms with van der Waals surface area (Å²) in [4.78, 5) is 55.5. The lowest BCUT2D eigenvalue weighted by Crippen LogP contribution is -2.53. The Balaban J connectivity index is 0.768. The molecule has 2 aliphatic heterocycles. The zero-order chi connectivity index (χ0) is 90.4. The molecule has 0 saturated carbocycles. The van der Waals surface area contributed by atoms with E-state index in [9.17, 15) is 27.6 Å². The lowest BCUT2D eigenvalue weighted by molar-refractivity contribution is -0.138. The smallest absolute Gasteiger partial charge is 0.407 e. The first-order chi connectivity index (χ1) is 61.5. The summed E-state index contributed by atoms with van der Waals surface area (Å²) in [6.45, 7) is 31.4. The number of benzene rings is 2. The number of amidine groups is 1. The molecule has 0 spiro atoms. The van der Waals surface area contributed by atoms with Gasteiger partial charge in [0.05, 0.1) is 347 Å². The van der Waals surface area contributed by atoms with Crippen LogP contribution < -0.4 is 16.4 Å². The highest BCUT2D eigenvalue weighted by atomic mass is 32.2. The lowest BCUT2D eigenvalue weighted by Gasteiger charge is -2.38. The molecule has 2 aliphatic rings. The minimum Gasteiger partial charge on any atom is -0.481 e. The van der Waals surface area contributed by atoms with E-state index in [0.717, 1.165) is 12.0 Å². The summed E-state index contributed by atoms with van der Waals surface area (Å²) >= 11 is 0. The molecule has 4 rings (SSSR count). The van der Waals surface area contributed by atoms with Crippen molar-refractivity contribution >= 4 is 51.5 Å². The number of fused-ring (bicyclic) bond motifs is 1. The maximum absolute atomic E-state index is 13.9. The number of nitrogens with two attached hydrogens (primary N) is 1. The Morgan fingerprint density at radius 3 is 1.07 bits per heavy atom. The number of ether oxygens (including phenoxy) is 26. The van der Waals surface area contributed by atoms with Crippen molar-refractivity contribution in [1.82, 2.24) is 19.8 Å². The predicted molar refractivity (Wildman–Crippen MR) is 464 cm³/mol. The lowest BCUT2D eigenvalue weighted by atomic mass is 10.0. The fourth-order valence-electron chi connectivity index (χ4n) is 11.2. The van der Waals surface area contributed by atoms with Gasteiger partial charge < -0.3 is 150 Å². The molecule has 726 valence electrons. The first-order valence-electron chi connectivity index (χ1n) is 44.0. The Labute approximate surface area is 745 Å². The SMILES string of the molecule is CCCN(CCCNC(=O)OC(C)(C)C)C(=O)C1=Cc2ccc(-c3cccc(S(=O)(=O)N4CC(CNC(=O)CCOCCOCCOCCOCCOCCOCCOCCOCCOCCOCCOCCOCCOCCOCCOCCOCCOCCOCCOCCOCCOCCOCCOCCOCCOCCC(=O)O)C4)c3)cc2N=C(N)C1. The van der Waals surface area contributed by atoms with Crippen LogP contribution in [0.25, 0.3) is 17.2 Å². The number of carboxylic acids is 1. The standard InChI is InChI=1S/C86H148N6O33S/c1-5-15-91(16-7-14-88-85(97)125-86(2,3)4)84(96)78-67-77-11-10-76(69-80(77)90-81(87)70-78)75-8-6-9-79(68-75)126(98,99)92-72-74(73-92)71-89-82(93)12-17-100-19-21-102-23-25-104-27-29-106-31-33-108-35-37-110-39-41-112-43-45-114-47-49-116-51-53-118-55-57-120-59-61-122-63-65-124-66-64-123-62-60-121-58-56-119-54-52-117-50-48-115-46-44-113-42-40-111-38-36-109-34-32-107-30-28-105-26-24-103-22-20-101-18-13-83(94)95/h6,8-11,67-69,74H,5,7,12-66,70-73H2,1-4H3,(H2,87,90)(H,88,97)(H,89,93)(H,94,95). The molecule has 0 aromatic heterocycles. The van der Waals surface area contributed by atoms with E-state index in [1.807, 2.05) is 31.2 Å². The molecular formula is C86H148N6O33S. The van der Waals surface area contributed by atoms with Gasteiger partial charge in [0.25, 0.3) is 0 Å². The van der Waals surface area contributed by atoms with Gasteiger partial charge in [-0.1, -0.05) is 31.2 Å². The number of carbonyl (C=O) groups excluding carboxylic acids is 3. The van der Waals surface area contributed by atoms with Crippen LogP contribution in [0.5, 0.6) is 0 Å². The molecule has 0 atom stereocenters. The van der Waals surface area contributed by atoms with Gasteiger partial charge in [0.2, 0.25) is 21.8 Å². The molecule has 3 amide bonds. The average Bonchev–Trinajstić information content (AvgIpc) is 0.848. The minimum absolute atomic E-state index is 0.0150. The van der Waals surface area contributed by atoms with Gasteiger partial charge in [-0.3, -0.25) is 14.4 Å². The summed E-state index contributed by atoms with van der Waals surface area (Å²) in [6, 6.07) is 12.3. The van der Waals surface area contributed by atoms with Crippen molar-refractivity contribution in [3.63, 3.8) is 0 Å². The van der Waals surface area contributed by atoms with E-state index in [1.54, 1.807) is 49.9 Å². The van der Waals surface area contributed by atoms with Crippen molar-refractivity contribution in [3.05, 3.63) is 53.6 Å². The van der Waals surface area contributed by atoms with Crippen molar-refractivity contribution < 1.29 is 156 Å². The normalized spacial score (nSPS) is 13.2. The van der Waals surface area contributed by atoms with E-state index in [4.69, 9.17) is 134 Å². The number of carbonyl (C=O) groups is 4. The van der Waals surface area contributed by atoms with Gasteiger partial charge in [-0.05, 0) is 69.0 Å². The highest BCUT2D eigenvalue weighted by molar-refractivity contribution is 7.89. The number of aliphatic imine (C=N–C) groups is 1. The van der Waals surface area contributed by atoms with Crippen molar-refractivity contribution in [3.8, 4) is 11.1 Å². The van der Waals surface area contributed by atoms with Crippen molar-refractivity contribution in [1.29, 1.82) is 0 Å². The number of carboxylic acid groups (broad SMARTS) is 1. The second-order valence-corrected chi connectivity index (χ2v) is 31.0. The van der Waals surface area contributed by atoms with Gasteiger partial charge in [0, 0.05) is 69.2 Å². The van der Waals surface area contributed by atoms with Crippen LogP contribution in [0.1, 0.15) is 65.4 Å². The van der Waals surface area contributed by atoms with Gasteiger partial charge in [-0.2, -0.15) is 4.31 Å². The van der Waals surface area contributed by atoms with Crippen LogP contribution in [0.4, 0.5) is 10.5 Å². The third-order valence-corrected chi connectivity index (χ3v) is 19.3. The van der Waals surface area contributed by atoms with Gasteiger partial charge >= 0.3 is 12.1 Å². The van der Waals surface area contributed by atoms with E-state index in [2.05, 4.69) is 15.6 Å². The Hall–Kier alpha value is -5.76. The summed E-state index contributed by atoms with van der Waals surface area (Å²) in [7, 11) is -3.82. The second-order valence-electron chi connectivity index (χ2n) is 29.0. The Kier molecular flexibility index (Phi) is 69.6. The molecule has 5 N–H and O–H groups in total. The third-order valence-electron chi connectivity index (χ3n) is 17.5. The second kappa shape index (κ2) is 78.0. The number of hydrogen-bond donors (Lipinski definition) is 4. The summed E-state index contributed by atoms with van der Waals surface area (Å²) in [5.74, 6) is -0.983. The zero-order valence-electron chi connectivity index (χ0n) is 75.2. The van der Waals surface area contributed by atoms with Crippen LogP contribution in [-0.2, 0) is 148 Å². The monoisotopic (exact) mass is 1820 g/mol. The van der Waals surface area contributed by atoms with Crippen molar-refractivity contribution in [2.24, 2.45) is 16.6 Å². The van der Waals surface area contributed by atoms with E-state index < -0.39 is 27.7 Å². The van der Waals surface area contributed by atoms with Crippen LogP contribution in [0.3, 0.4) is 0 Å². The van der Waals surface area contributed by atoms with Gasteiger partial charge in [0.1, 0.15) is 11.4 Å². The maximum Gasteiger partial charge on any atom is 0.407 e. The molecule has 0 aliphatic carbocycles.